The maximum Gasteiger partial charge on any atom is 0.0704 e. The molecule has 2 N–H and O–H groups in total. The number of hydrogen-bond donors (Lipinski definition) is 1. The first-order valence-corrected chi connectivity index (χ1v) is 6.27. The lowest BCUT2D eigenvalue weighted by atomic mass is 10.2. The Balaban J connectivity index is 3.02. The average Bonchev–Trinajstić information content (AvgIpc) is 2.34. The monoisotopic (exact) mass is 249 g/mol. The number of nitrogens with two attached hydrogens (primary N) is 1. The van der Waals surface area contributed by atoms with E-state index in [1.165, 1.54) is 0 Å². The van der Waals surface area contributed by atoms with Gasteiger partial charge in [0, 0.05) is 7.11 Å². The van der Waals surface area contributed by atoms with Gasteiger partial charge in [0.1, 0.15) is 0 Å². The first-order valence-electron chi connectivity index (χ1n) is 6.27. The van der Waals surface area contributed by atoms with Crippen molar-refractivity contribution in [2.45, 2.75) is 25.9 Å². The zero-order valence-corrected chi connectivity index (χ0v) is 11.2. The maximum atomic E-state index is 5.55. The summed E-state index contributed by atoms with van der Waals surface area (Å²) in [7, 11) is 1.66. The van der Waals surface area contributed by atoms with Crippen molar-refractivity contribution in [3.63, 3.8) is 0 Å². The van der Waals surface area contributed by atoms with Gasteiger partial charge in [-0.25, -0.2) is 0 Å². The summed E-state index contributed by atoms with van der Waals surface area (Å²) >= 11 is 0. The summed E-state index contributed by atoms with van der Waals surface area (Å²) in [6.07, 6.45) is 2.28. The molecule has 0 aromatic heterocycles. The Morgan fingerprint density at radius 3 is 2.12 bits per heavy atom. The van der Waals surface area contributed by atoms with Gasteiger partial charge in [0.15, 0.2) is 0 Å². The summed E-state index contributed by atoms with van der Waals surface area (Å²) in [4.78, 5) is 0. The van der Waals surface area contributed by atoms with Crippen LogP contribution in [0.4, 0.5) is 0 Å². The van der Waals surface area contributed by atoms with E-state index < -0.39 is 0 Å². The van der Waals surface area contributed by atoms with Crippen LogP contribution in [0.5, 0.6) is 0 Å². The van der Waals surface area contributed by atoms with Gasteiger partial charge < -0.3 is 24.7 Å². The van der Waals surface area contributed by atoms with Crippen LogP contribution in [0.3, 0.4) is 0 Å². The fraction of sp³-hybridized carbons (Fsp3) is 1.00. The van der Waals surface area contributed by atoms with Crippen LogP contribution < -0.4 is 5.73 Å². The zero-order valence-electron chi connectivity index (χ0n) is 11.2. The van der Waals surface area contributed by atoms with Crippen molar-refractivity contribution < 1.29 is 18.9 Å². The van der Waals surface area contributed by atoms with Crippen LogP contribution in [-0.2, 0) is 18.9 Å². The molecule has 0 aliphatic rings. The van der Waals surface area contributed by atoms with Crippen molar-refractivity contribution in [2.75, 3.05) is 53.3 Å². The molecule has 0 aliphatic heterocycles. The summed E-state index contributed by atoms with van der Waals surface area (Å²) in [5, 5.41) is 0. The van der Waals surface area contributed by atoms with Gasteiger partial charge in [0.05, 0.1) is 45.7 Å². The SMILES string of the molecule is COCCOCCOCCOC(C)CCCN. The Kier molecular flexibility index (Phi) is 13.7. The zero-order chi connectivity index (χ0) is 12.8. The molecule has 0 amide bonds. The van der Waals surface area contributed by atoms with E-state index in [1.54, 1.807) is 7.11 Å². The average molecular weight is 249 g/mol. The molecular formula is C12H27NO4. The summed E-state index contributed by atoms with van der Waals surface area (Å²) in [5.41, 5.74) is 5.42. The molecule has 0 aromatic carbocycles. The highest BCUT2D eigenvalue weighted by Gasteiger charge is 2.00. The molecule has 1 unspecified atom stereocenters. The number of rotatable bonds is 13. The molecule has 0 fully saturated rings. The Morgan fingerprint density at radius 2 is 1.53 bits per heavy atom. The van der Waals surface area contributed by atoms with Gasteiger partial charge in [0.2, 0.25) is 0 Å². The van der Waals surface area contributed by atoms with E-state index in [0.29, 0.717) is 39.6 Å². The lowest BCUT2D eigenvalue weighted by Gasteiger charge is -2.12. The molecule has 5 heteroatoms. The topological polar surface area (TPSA) is 62.9 Å². The van der Waals surface area contributed by atoms with Crippen molar-refractivity contribution in [2.24, 2.45) is 5.73 Å². The van der Waals surface area contributed by atoms with Gasteiger partial charge >= 0.3 is 0 Å². The van der Waals surface area contributed by atoms with Crippen LogP contribution in [0, 0.1) is 0 Å². The highest BCUT2D eigenvalue weighted by atomic mass is 16.6. The van der Waals surface area contributed by atoms with Crippen molar-refractivity contribution in [3.05, 3.63) is 0 Å². The largest absolute Gasteiger partial charge is 0.382 e. The van der Waals surface area contributed by atoms with Crippen LogP contribution in [0.2, 0.25) is 0 Å². The van der Waals surface area contributed by atoms with Crippen molar-refractivity contribution in [1.82, 2.24) is 0 Å². The van der Waals surface area contributed by atoms with Crippen LogP contribution in [0.25, 0.3) is 0 Å². The van der Waals surface area contributed by atoms with Gasteiger partial charge in [-0.1, -0.05) is 0 Å². The van der Waals surface area contributed by atoms with Crippen LogP contribution >= 0.6 is 0 Å². The molecule has 0 radical (unpaired) electrons. The van der Waals surface area contributed by atoms with Crippen molar-refractivity contribution in [3.8, 4) is 0 Å². The van der Waals surface area contributed by atoms with E-state index in [2.05, 4.69) is 6.92 Å². The van der Waals surface area contributed by atoms with Gasteiger partial charge in [-0.05, 0) is 26.3 Å². The molecule has 0 heterocycles. The lowest BCUT2D eigenvalue weighted by Crippen LogP contribution is -2.16. The standard InChI is InChI=1S/C12H27NO4/c1-12(4-3-5-13)17-11-10-16-9-8-15-7-6-14-2/h12H,3-11,13H2,1-2H3. The third-order valence-electron chi connectivity index (χ3n) is 2.25. The quantitative estimate of drug-likeness (QED) is 0.489. The summed E-state index contributed by atoms with van der Waals surface area (Å²) in [6.45, 7) is 6.47. The highest BCUT2D eigenvalue weighted by molar-refractivity contribution is 4.50. The molecule has 0 aliphatic carbocycles. The predicted molar refractivity (Wildman–Crippen MR) is 67.2 cm³/mol. The molecule has 0 saturated heterocycles. The molecule has 5 nitrogen and oxygen atoms in total. The molecule has 104 valence electrons. The maximum absolute atomic E-state index is 5.55. The van der Waals surface area contributed by atoms with E-state index in [-0.39, 0.29) is 6.10 Å². The number of methoxy groups -OCH3 is 1. The first-order chi connectivity index (χ1) is 8.31. The molecule has 1 atom stereocenters. The fourth-order valence-corrected chi connectivity index (χ4v) is 1.26. The molecule has 17 heavy (non-hydrogen) atoms. The molecule has 0 rings (SSSR count). The lowest BCUT2D eigenvalue weighted by molar-refractivity contribution is -0.0138. The Bertz CT molecular complexity index is 146. The molecule has 0 spiro atoms. The Labute approximate surface area is 105 Å². The minimum absolute atomic E-state index is 0.264. The second-order valence-electron chi connectivity index (χ2n) is 3.83. The van der Waals surface area contributed by atoms with Crippen LogP contribution in [-0.4, -0.2) is 59.4 Å². The van der Waals surface area contributed by atoms with E-state index in [1.807, 2.05) is 0 Å². The van der Waals surface area contributed by atoms with Crippen LogP contribution in [0.15, 0.2) is 0 Å². The van der Waals surface area contributed by atoms with Crippen molar-refractivity contribution in [1.29, 1.82) is 0 Å². The normalized spacial score (nSPS) is 12.9. The van der Waals surface area contributed by atoms with Gasteiger partial charge in [-0.3, -0.25) is 0 Å². The third-order valence-corrected chi connectivity index (χ3v) is 2.25. The molecule has 0 bridgehead atoms. The third kappa shape index (κ3) is 13.7. The van der Waals surface area contributed by atoms with Crippen molar-refractivity contribution >= 4 is 0 Å². The number of hydrogen-bond acceptors (Lipinski definition) is 5. The van der Waals surface area contributed by atoms with E-state index in [9.17, 15) is 0 Å². The van der Waals surface area contributed by atoms with E-state index in [4.69, 9.17) is 24.7 Å². The fourth-order valence-electron chi connectivity index (χ4n) is 1.26. The van der Waals surface area contributed by atoms with E-state index in [0.717, 1.165) is 19.4 Å². The summed E-state index contributed by atoms with van der Waals surface area (Å²) in [5.74, 6) is 0. The molecular weight excluding hydrogens is 222 g/mol. The van der Waals surface area contributed by atoms with Gasteiger partial charge in [-0.15, -0.1) is 0 Å². The minimum Gasteiger partial charge on any atom is -0.382 e. The van der Waals surface area contributed by atoms with Gasteiger partial charge in [-0.2, -0.15) is 0 Å². The van der Waals surface area contributed by atoms with E-state index >= 15 is 0 Å². The molecule has 0 aromatic rings. The van der Waals surface area contributed by atoms with Crippen LogP contribution in [0.1, 0.15) is 19.8 Å². The summed E-state index contributed by atoms with van der Waals surface area (Å²) < 4.78 is 21.0. The van der Waals surface area contributed by atoms with Gasteiger partial charge in [0.25, 0.3) is 0 Å². The second-order valence-corrected chi connectivity index (χ2v) is 3.83. The summed E-state index contributed by atoms with van der Waals surface area (Å²) in [6, 6.07) is 0. The smallest absolute Gasteiger partial charge is 0.0704 e. The second kappa shape index (κ2) is 13.9. The predicted octanol–water partition coefficient (Wildman–Crippen LogP) is 0.810. The molecule has 0 saturated carbocycles. The highest BCUT2D eigenvalue weighted by Crippen LogP contribution is 1.99. The Morgan fingerprint density at radius 1 is 0.941 bits per heavy atom. The minimum atomic E-state index is 0.264. The number of ether oxygens (including phenoxy) is 4. The first kappa shape index (κ1) is 16.8. The Hall–Kier alpha value is -0.200.